The van der Waals surface area contributed by atoms with E-state index in [1.165, 1.54) is 17.2 Å². The van der Waals surface area contributed by atoms with Crippen molar-refractivity contribution >= 4 is 23.3 Å². The first-order valence-corrected chi connectivity index (χ1v) is 5.57. The van der Waals surface area contributed by atoms with E-state index in [1.54, 1.807) is 30.3 Å². The van der Waals surface area contributed by atoms with Gasteiger partial charge in [-0.25, -0.2) is 5.43 Å². The van der Waals surface area contributed by atoms with E-state index in [1.807, 2.05) is 0 Å². The highest BCUT2D eigenvalue weighted by atomic mass is 16.5. The van der Waals surface area contributed by atoms with Gasteiger partial charge in [0.15, 0.2) is 11.9 Å². The molecule has 0 fully saturated rings. The van der Waals surface area contributed by atoms with Gasteiger partial charge in [0.1, 0.15) is 5.52 Å². The number of amides is 1. The monoisotopic (exact) mass is 255 g/mol. The normalized spacial score (nSPS) is 10.5. The maximum atomic E-state index is 11.9. The lowest BCUT2D eigenvalue weighted by atomic mass is 10.2. The van der Waals surface area contributed by atoms with Crippen LogP contribution in [0.4, 0.5) is 0 Å². The zero-order valence-electron chi connectivity index (χ0n) is 9.74. The SMILES string of the molecule is O=Cc1cccc2c1on2NC(=O)c1ccncc1. The van der Waals surface area contributed by atoms with Gasteiger partial charge >= 0.3 is 0 Å². The number of aldehydes is 1. The molecule has 1 aromatic carbocycles. The molecule has 1 N–H and O–H groups in total. The standard InChI is InChI=1S/C13H9N3O3/c17-8-10-2-1-3-11-12(10)19-16(11)15-13(18)9-4-6-14-7-5-9/h1-8H,(H,15,18). The summed E-state index contributed by atoms with van der Waals surface area (Å²) >= 11 is 0. The second-order valence-corrected chi connectivity index (χ2v) is 3.88. The van der Waals surface area contributed by atoms with Crippen LogP contribution >= 0.6 is 0 Å². The van der Waals surface area contributed by atoms with Crippen LogP contribution in [-0.2, 0) is 0 Å². The fourth-order valence-electron chi connectivity index (χ4n) is 1.74. The third-order valence-corrected chi connectivity index (χ3v) is 2.70. The average molecular weight is 255 g/mol. The number of hydrogen-bond acceptors (Lipinski definition) is 4. The number of fused-ring (bicyclic) bond motifs is 1. The Labute approximate surface area is 107 Å². The molecule has 3 rings (SSSR count). The minimum absolute atomic E-state index is 0.315. The molecule has 0 saturated heterocycles. The van der Waals surface area contributed by atoms with E-state index in [-0.39, 0.29) is 5.91 Å². The molecule has 3 aromatic rings. The lowest BCUT2D eigenvalue weighted by molar-refractivity contribution is 0.0985. The van der Waals surface area contributed by atoms with Gasteiger partial charge in [0.05, 0.1) is 5.56 Å². The molecule has 19 heavy (non-hydrogen) atoms. The van der Waals surface area contributed by atoms with Crippen LogP contribution in [0.25, 0.3) is 11.1 Å². The van der Waals surface area contributed by atoms with Gasteiger partial charge in [-0.15, -0.1) is 4.85 Å². The van der Waals surface area contributed by atoms with Gasteiger partial charge in [0.25, 0.3) is 5.91 Å². The number of carbonyl (C=O) groups is 2. The summed E-state index contributed by atoms with van der Waals surface area (Å²) in [4.78, 5) is 27.7. The summed E-state index contributed by atoms with van der Waals surface area (Å²) < 4.78 is 5.25. The Kier molecular flexibility index (Phi) is 2.60. The smallest absolute Gasteiger partial charge is 0.272 e. The molecule has 0 spiro atoms. The fourth-order valence-corrected chi connectivity index (χ4v) is 1.74. The predicted octanol–water partition coefficient (Wildman–Crippen LogP) is 1.83. The molecule has 0 bridgehead atoms. The highest BCUT2D eigenvalue weighted by Gasteiger charge is 2.15. The Morgan fingerprint density at radius 1 is 1.26 bits per heavy atom. The molecule has 0 radical (unpaired) electrons. The molecule has 0 atom stereocenters. The van der Waals surface area contributed by atoms with Crippen molar-refractivity contribution in [3.8, 4) is 0 Å². The van der Waals surface area contributed by atoms with Crippen LogP contribution < -0.4 is 5.43 Å². The quantitative estimate of drug-likeness (QED) is 0.724. The van der Waals surface area contributed by atoms with E-state index in [4.69, 9.17) is 4.52 Å². The van der Waals surface area contributed by atoms with Crippen molar-refractivity contribution in [3.63, 3.8) is 0 Å². The molecule has 0 aliphatic carbocycles. The van der Waals surface area contributed by atoms with Crippen molar-refractivity contribution in [3.05, 3.63) is 53.9 Å². The van der Waals surface area contributed by atoms with Crippen LogP contribution in [0.3, 0.4) is 0 Å². The molecular weight excluding hydrogens is 246 g/mol. The number of benzene rings is 1. The molecule has 0 aliphatic heterocycles. The van der Waals surface area contributed by atoms with E-state index in [2.05, 4.69) is 10.4 Å². The summed E-state index contributed by atoms with van der Waals surface area (Å²) in [5.74, 6) is -0.315. The average Bonchev–Trinajstić information content (AvgIpc) is 2.45. The van der Waals surface area contributed by atoms with Crippen LogP contribution in [0, 0.1) is 0 Å². The summed E-state index contributed by atoms with van der Waals surface area (Å²) in [6.45, 7) is 0. The van der Waals surface area contributed by atoms with Crippen LogP contribution in [-0.4, -0.2) is 22.0 Å². The minimum Gasteiger partial charge on any atom is -0.356 e. The van der Waals surface area contributed by atoms with Crippen molar-refractivity contribution in [2.45, 2.75) is 0 Å². The number of para-hydroxylation sites is 1. The van der Waals surface area contributed by atoms with Crippen molar-refractivity contribution in [2.75, 3.05) is 5.43 Å². The lowest BCUT2D eigenvalue weighted by Gasteiger charge is -2.15. The largest absolute Gasteiger partial charge is 0.356 e. The first kappa shape index (κ1) is 11.2. The molecule has 6 heteroatoms. The Morgan fingerprint density at radius 2 is 2.05 bits per heavy atom. The van der Waals surface area contributed by atoms with E-state index in [9.17, 15) is 9.59 Å². The molecule has 0 aliphatic rings. The van der Waals surface area contributed by atoms with Gasteiger partial charge in [-0.1, -0.05) is 6.07 Å². The van der Waals surface area contributed by atoms with Crippen LogP contribution in [0.1, 0.15) is 20.7 Å². The zero-order valence-corrected chi connectivity index (χ0v) is 9.74. The molecule has 0 unspecified atom stereocenters. The van der Waals surface area contributed by atoms with E-state index < -0.39 is 0 Å². The third kappa shape index (κ3) is 1.89. The first-order valence-electron chi connectivity index (χ1n) is 5.57. The topological polar surface area (TPSA) is 77.1 Å². The number of nitrogens with zero attached hydrogens (tertiary/aromatic N) is 2. The molecule has 0 saturated carbocycles. The summed E-state index contributed by atoms with van der Waals surface area (Å²) in [5.41, 5.74) is 4.60. The minimum atomic E-state index is -0.315. The highest BCUT2D eigenvalue weighted by molar-refractivity contribution is 6.01. The first-order chi connectivity index (χ1) is 9.29. The maximum Gasteiger partial charge on any atom is 0.272 e. The van der Waals surface area contributed by atoms with Gasteiger partial charge in [-0.2, -0.15) is 0 Å². The molecule has 2 heterocycles. The summed E-state index contributed by atoms with van der Waals surface area (Å²) in [6, 6.07) is 8.30. The second kappa shape index (κ2) is 4.41. The van der Waals surface area contributed by atoms with Gasteiger partial charge < -0.3 is 4.52 Å². The molecule has 6 nitrogen and oxygen atoms in total. The Bertz CT molecular complexity index is 743. The van der Waals surface area contributed by atoms with Crippen molar-refractivity contribution in [1.82, 2.24) is 9.83 Å². The summed E-state index contributed by atoms with van der Waals surface area (Å²) in [5, 5.41) is 0. The number of pyridine rings is 1. The van der Waals surface area contributed by atoms with Crippen molar-refractivity contribution in [2.24, 2.45) is 0 Å². The molecule has 1 amide bonds. The second-order valence-electron chi connectivity index (χ2n) is 3.88. The van der Waals surface area contributed by atoms with Crippen molar-refractivity contribution < 1.29 is 14.1 Å². The van der Waals surface area contributed by atoms with Gasteiger partial charge in [0.2, 0.25) is 0 Å². The number of nitrogens with one attached hydrogen (secondary N) is 1. The van der Waals surface area contributed by atoms with E-state index >= 15 is 0 Å². The predicted molar refractivity (Wildman–Crippen MR) is 67.5 cm³/mol. The molecule has 2 aromatic heterocycles. The zero-order chi connectivity index (χ0) is 13.2. The van der Waals surface area contributed by atoms with Crippen LogP contribution in [0.5, 0.6) is 0 Å². The fraction of sp³-hybridized carbons (Fsp3) is 0. The van der Waals surface area contributed by atoms with Gasteiger partial charge in [-0.05, 0) is 24.3 Å². The van der Waals surface area contributed by atoms with Crippen molar-refractivity contribution in [1.29, 1.82) is 0 Å². The third-order valence-electron chi connectivity index (χ3n) is 2.70. The number of hydrogen-bond donors (Lipinski definition) is 1. The van der Waals surface area contributed by atoms with Crippen LogP contribution in [0.2, 0.25) is 0 Å². The number of aromatic nitrogens is 2. The summed E-state index contributed by atoms with van der Waals surface area (Å²) in [7, 11) is 0. The Balaban J connectivity index is 1.87. The van der Waals surface area contributed by atoms with Gasteiger partial charge in [-0.3, -0.25) is 14.6 Å². The van der Waals surface area contributed by atoms with Crippen LogP contribution in [0.15, 0.2) is 47.2 Å². The maximum absolute atomic E-state index is 11.9. The molecular formula is C13H9N3O3. The van der Waals surface area contributed by atoms with E-state index in [0.717, 1.165) is 0 Å². The lowest BCUT2D eigenvalue weighted by Crippen LogP contribution is -2.25. The van der Waals surface area contributed by atoms with Gasteiger partial charge in [0, 0.05) is 18.0 Å². The Morgan fingerprint density at radius 3 is 2.79 bits per heavy atom. The molecule has 94 valence electrons. The number of carbonyl (C=O) groups excluding carboxylic acids is 2. The highest BCUT2D eigenvalue weighted by Crippen LogP contribution is 2.20. The van der Waals surface area contributed by atoms with E-state index in [0.29, 0.717) is 28.5 Å². The summed E-state index contributed by atoms with van der Waals surface area (Å²) in [6.07, 6.45) is 3.77. The number of rotatable bonds is 3. The Hall–Kier alpha value is -2.89.